The van der Waals surface area contributed by atoms with Gasteiger partial charge >= 0.3 is 0 Å². The summed E-state index contributed by atoms with van der Waals surface area (Å²) in [7, 11) is 0. The fourth-order valence-corrected chi connectivity index (χ4v) is 2.40. The summed E-state index contributed by atoms with van der Waals surface area (Å²) in [5.41, 5.74) is 6.21. The first-order valence-corrected chi connectivity index (χ1v) is 6.03. The molecule has 1 heterocycles. The fourth-order valence-electron chi connectivity index (χ4n) is 2.40. The lowest BCUT2D eigenvalue weighted by atomic mass is 9.91. The number of aromatic nitrogens is 2. The number of carbonyl (C=O) groups is 1. The molecule has 4 heteroatoms. The molecule has 4 nitrogen and oxygen atoms in total. The molecule has 0 spiro atoms. The Balaban J connectivity index is 2.23. The summed E-state index contributed by atoms with van der Waals surface area (Å²) in [6.45, 7) is 2.86. The zero-order valence-electron chi connectivity index (χ0n) is 9.78. The Morgan fingerprint density at radius 1 is 1.56 bits per heavy atom. The van der Waals surface area contributed by atoms with Crippen molar-refractivity contribution in [2.75, 3.05) is 0 Å². The molecule has 1 aromatic heterocycles. The number of nitrogens with zero attached hydrogens (tertiary/aromatic N) is 2. The van der Waals surface area contributed by atoms with Crippen molar-refractivity contribution in [3.63, 3.8) is 0 Å². The summed E-state index contributed by atoms with van der Waals surface area (Å²) in [6.07, 6.45) is 6.39. The van der Waals surface area contributed by atoms with Crippen LogP contribution in [0, 0.1) is 0 Å². The monoisotopic (exact) mass is 221 g/mol. The van der Waals surface area contributed by atoms with Crippen LogP contribution in [0.1, 0.15) is 49.5 Å². The van der Waals surface area contributed by atoms with E-state index in [1.54, 1.807) is 16.9 Å². The number of hydrogen-bond donors (Lipinski definition) is 1. The summed E-state index contributed by atoms with van der Waals surface area (Å²) in [5, 5.41) is 4.17. The van der Waals surface area contributed by atoms with Gasteiger partial charge in [0.25, 0.3) is 0 Å². The van der Waals surface area contributed by atoms with Crippen LogP contribution in [0.2, 0.25) is 0 Å². The van der Waals surface area contributed by atoms with E-state index in [-0.39, 0.29) is 5.78 Å². The first-order valence-electron chi connectivity index (χ1n) is 6.03. The van der Waals surface area contributed by atoms with Crippen LogP contribution in [-0.4, -0.2) is 21.1 Å². The van der Waals surface area contributed by atoms with E-state index in [0.29, 0.717) is 5.69 Å². The van der Waals surface area contributed by atoms with Crippen molar-refractivity contribution < 1.29 is 4.79 Å². The van der Waals surface area contributed by atoms with E-state index in [1.807, 2.05) is 0 Å². The average Bonchev–Trinajstić information content (AvgIpc) is 2.88. The van der Waals surface area contributed by atoms with Crippen LogP contribution in [0.4, 0.5) is 0 Å². The molecule has 1 fully saturated rings. The van der Waals surface area contributed by atoms with E-state index in [9.17, 15) is 4.79 Å². The van der Waals surface area contributed by atoms with Crippen LogP contribution in [-0.2, 0) is 6.54 Å². The summed E-state index contributed by atoms with van der Waals surface area (Å²) < 4.78 is 1.77. The number of carbonyl (C=O) groups excluding carboxylic acids is 1. The molecule has 0 amide bonds. The summed E-state index contributed by atoms with van der Waals surface area (Å²) >= 11 is 0. The molecule has 0 atom stereocenters. The zero-order chi connectivity index (χ0) is 11.6. The SMILES string of the molecule is CCCn1nccc1C(=O)C1(N)CCCC1. The number of ketones is 1. The van der Waals surface area contributed by atoms with Gasteiger partial charge < -0.3 is 5.73 Å². The lowest BCUT2D eigenvalue weighted by Crippen LogP contribution is -2.46. The van der Waals surface area contributed by atoms with Gasteiger partial charge in [-0.25, -0.2) is 0 Å². The third kappa shape index (κ3) is 1.89. The lowest BCUT2D eigenvalue weighted by Gasteiger charge is -2.21. The van der Waals surface area contributed by atoms with Crippen LogP contribution in [0.25, 0.3) is 0 Å². The lowest BCUT2D eigenvalue weighted by molar-refractivity contribution is 0.0880. The van der Waals surface area contributed by atoms with Crippen molar-refractivity contribution in [1.82, 2.24) is 9.78 Å². The molecule has 0 bridgehead atoms. The molecular formula is C12H19N3O. The van der Waals surface area contributed by atoms with Crippen LogP contribution >= 0.6 is 0 Å². The van der Waals surface area contributed by atoms with Gasteiger partial charge in [-0.1, -0.05) is 19.8 Å². The van der Waals surface area contributed by atoms with Crippen LogP contribution in [0.3, 0.4) is 0 Å². The first kappa shape index (κ1) is 11.3. The maximum atomic E-state index is 12.3. The van der Waals surface area contributed by atoms with Gasteiger partial charge in [-0.05, 0) is 25.3 Å². The summed E-state index contributed by atoms with van der Waals surface area (Å²) in [6, 6.07) is 1.78. The second kappa shape index (κ2) is 4.37. The van der Waals surface area contributed by atoms with E-state index in [2.05, 4.69) is 12.0 Å². The Morgan fingerprint density at radius 3 is 2.88 bits per heavy atom. The van der Waals surface area contributed by atoms with Gasteiger partial charge in [0.1, 0.15) is 5.69 Å². The van der Waals surface area contributed by atoms with Crippen molar-refractivity contribution in [3.05, 3.63) is 18.0 Å². The molecule has 1 aliphatic carbocycles. The molecular weight excluding hydrogens is 202 g/mol. The highest BCUT2D eigenvalue weighted by atomic mass is 16.1. The van der Waals surface area contributed by atoms with Gasteiger partial charge in [-0.2, -0.15) is 5.10 Å². The van der Waals surface area contributed by atoms with Gasteiger partial charge in [-0.3, -0.25) is 9.48 Å². The van der Waals surface area contributed by atoms with Crippen molar-refractivity contribution in [2.45, 2.75) is 51.1 Å². The number of hydrogen-bond acceptors (Lipinski definition) is 3. The van der Waals surface area contributed by atoms with E-state index in [0.717, 1.165) is 38.6 Å². The van der Waals surface area contributed by atoms with Gasteiger partial charge in [0.2, 0.25) is 5.78 Å². The van der Waals surface area contributed by atoms with Gasteiger partial charge in [0.05, 0.1) is 5.54 Å². The van der Waals surface area contributed by atoms with Crippen molar-refractivity contribution in [2.24, 2.45) is 5.73 Å². The Bertz CT molecular complexity index is 377. The molecule has 1 aromatic rings. The second-order valence-corrected chi connectivity index (χ2v) is 4.63. The minimum absolute atomic E-state index is 0.0657. The molecule has 0 unspecified atom stereocenters. The molecule has 0 radical (unpaired) electrons. The molecule has 2 N–H and O–H groups in total. The molecule has 0 aliphatic heterocycles. The zero-order valence-corrected chi connectivity index (χ0v) is 9.78. The van der Waals surface area contributed by atoms with Crippen LogP contribution < -0.4 is 5.73 Å². The highest BCUT2D eigenvalue weighted by Gasteiger charge is 2.38. The topological polar surface area (TPSA) is 60.9 Å². The molecule has 2 rings (SSSR count). The van der Waals surface area contributed by atoms with Crippen LogP contribution in [0.15, 0.2) is 12.3 Å². The van der Waals surface area contributed by atoms with Crippen molar-refractivity contribution >= 4 is 5.78 Å². The second-order valence-electron chi connectivity index (χ2n) is 4.63. The average molecular weight is 221 g/mol. The normalized spacial score (nSPS) is 18.9. The Morgan fingerprint density at radius 2 is 2.25 bits per heavy atom. The van der Waals surface area contributed by atoms with Gasteiger partial charge in [0.15, 0.2) is 0 Å². The maximum Gasteiger partial charge on any atom is 0.200 e. The molecule has 1 aliphatic rings. The molecule has 0 saturated heterocycles. The molecule has 16 heavy (non-hydrogen) atoms. The molecule has 0 aromatic carbocycles. The number of nitrogens with two attached hydrogens (primary N) is 1. The smallest absolute Gasteiger partial charge is 0.200 e. The summed E-state index contributed by atoms with van der Waals surface area (Å²) in [5.74, 6) is 0.0657. The minimum atomic E-state index is -0.633. The maximum absolute atomic E-state index is 12.3. The standard InChI is InChI=1S/C12H19N3O/c1-2-9-15-10(5-8-14-15)11(16)12(13)6-3-4-7-12/h5,8H,2-4,6-7,9,13H2,1H3. The predicted molar refractivity (Wildman–Crippen MR) is 62.2 cm³/mol. The molecule has 88 valence electrons. The van der Waals surface area contributed by atoms with Gasteiger partial charge in [-0.15, -0.1) is 0 Å². The number of aryl methyl sites for hydroxylation is 1. The Labute approximate surface area is 95.8 Å². The van der Waals surface area contributed by atoms with E-state index < -0.39 is 5.54 Å². The van der Waals surface area contributed by atoms with E-state index in [1.165, 1.54) is 0 Å². The number of rotatable bonds is 4. The predicted octanol–water partition coefficient (Wildman–Crippen LogP) is 1.75. The fraction of sp³-hybridized carbons (Fsp3) is 0.667. The first-order chi connectivity index (χ1) is 7.67. The highest BCUT2D eigenvalue weighted by Crippen LogP contribution is 2.30. The van der Waals surface area contributed by atoms with E-state index in [4.69, 9.17) is 5.73 Å². The van der Waals surface area contributed by atoms with Crippen LogP contribution in [0.5, 0.6) is 0 Å². The quantitative estimate of drug-likeness (QED) is 0.788. The Hall–Kier alpha value is -1.16. The Kier molecular flexibility index (Phi) is 3.10. The third-order valence-electron chi connectivity index (χ3n) is 3.33. The van der Waals surface area contributed by atoms with Crippen molar-refractivity contribution in [1.29, 1.82) is 0 Å². The van der Waals surface area contributed by atoms with Gasteiger partial charge in [0, 0.05) is 12.7 Å². The molecule has 1 saturated carbocycles. The third-order valence-corrected chi connectivity index (χ3v) is 3.33. The summed E-state index contributed by atoms with van der Waals surface area (Å²) in [4.78, 5) is 12.3. The van der Waals surface area contributed by atoms with Crippen molar-refractivity contribution in [3.8, 4) is 0 Å². The van der Waals surface area contributed by atoms with E-state index >= 15 is 0 Å². The minimum Gasteiger partial charge on any atom is -0.319 e. The number of Topliss-reactive ketones (excluding diaryl/α,β-unsaturated/α-hetero) is 1. The largest absolute Gasteiger partial charge is 0.319 e. The highest BCUT2D eigenvalue weighted by molar-refractivity contribution is 6.01.